The van der Waals surface area contributed by atoms with Crippen molar-refractivity contribution in [2.75, 3.05) is 19.9 Å². The number of carbonyl (C=O) groups is 2. The summed E-state index contributed by atoms with van der Waals surface area (Å²) in [5, 5.41) is 0. The molecule has 2 fully saturated rings. The SMILES string of the molecule is CC(=O)OC1C(=O)C=C2CCN3CC4CC5=C(C=C4C1C23)OCO5. The van der Waals surface area contributed by atoms with Crippen molar-refractivity contribution in [2.45, 2.75) is 31.9 Å². The van der Waals surface area contributed by atoms with E-state index in [1.807, 2.05) is 6.08 Å². The molecule has 4 unspecified atom stereocenters. The number of ketones is 1. The van der Waals surface area contributed by atoms with Gasteiger partial charge in [0.05, 0.1) is 0 Å². The third-order valence-corrected chi connectivity index (χ3v) is 5.79. The number of fused-ring (bicyclic) bond motifs is 2. The zero-order valence-corrected chi connectivity index (χ0v) is 13.5. The Kier molecular flexibility index (Phi) is 2.95. The molecule has 6 heteroatoms. The molecular weight excluding hydrogens is 310 g/mol. The van der Waals surface area contributed by atoms with Crippen molar-refractivity contribution in [2.24, 2.45) is 11.8 Å². The number of allylic oxidation sites excluding steroid dienone is 2. The minimum absolute atomic E-state index is 0.0896. The van der Waals surface area contributed by atoms with Crippen LogP contribution in [0.4, 0.5) is 0 Å². The van der Waals surface area contributed by atoms with E-state index < -0.39 is 12.1 Å². The highest BCUT2D eigenvalue weighted by atomic mass is 16.7. The van der Waals surface area contributed by atoms with Crippen molar-refractivity contribution in [3.63, 3.8) is 0 Å². The van der Waals surface area contributed by atoms with E-state index in [0.717, 1.165) is 37.4 Å². The highest BCUT2D eigenvalue weighted by Gasteiger charge is 2.53. The van der Waals surface area contributed by atoms with Crippen molar-refractivity contribution in [1.29, 1.82) is 0 Å². The molecule has 0 aromatic heterocycles. The molecule has 3 aliphatic heterocycles. The van der Waals surface area contributed by atoms with E-state index in [1.54, 1.807) is 6.08 Å². The molecule has 0 aromatic rings. The number of ether oxygens (including phenoxy) is 3. The van der Waals surface area contributed by atoms with Crippen LogP contribution in [0.2, 0.25) is 0 Å². The fourth-order valence-corrected chi connectivity index (χ4v) is 4.92. The lowest BCUT2D eigenvalue weighted by Crippen LogP contribution is -2.55. The third kappa shape index (κ3) is 1.92. The fraction of sp³-hybridized carbons (Fsp3) is 0.556. The Bertz CT molecular complexity index is 734. The van der Waals surface area contributed by atoms with Gasteiger partial charge in [-0.3, -0.25) is 14.5 Å². The first-order valence-corrected chi connectivity index (χ1v) is 8.47. The van der Waals surface area contributed by atoms with Crippen LogP contribution in [0, 0.1) is 11.8 Å². The summed E-state index contributed by atoms with van der Waals surface area (Å²) in [4.78, 5) is 26.6. The zero-order valence-electron chi connectivity index (χ0n) is 13.5. The van der Waals surface area contributed by atoms with Crippen molar-refractivity contribution < 1.29 is 23.8 Å². The van der Waals surface area contributed by atoms with Crippen LogP contribution in [0.25, 0.3) is 0 Å². The highest BCUT2D eigenvalue weighted by Crippen LogP contribution is 2.49. The van der Waals surface area contributed by atoms with E-state index in [4.69, 9.17) is 14.2 Å². The van der Waals surface area contributed by atoms with Crippen LogP contribution in [-0.4, -0.2) is 48.7 Å². The Morgan fingerprint density at radius 2 is 2.21 bits per heavy atom. The summed E-state index contributed by atoms with van der Waals surface area (Å²) in [7, 11) is 0. The van der Waals surface area contributed by atoms with Gasteiger partial charge >= 0.3 is 5.97 Å². The average Bonchev–Trinajstić information content (AvgIpc) is 3.15. The number of hydrogen-bond donors (Lipinski definition) is 0. The van der Waals surface area contributed by atoms with Crippen LogP contribution < -0.4 is 0 Å². The predicted molar refractivity (Wildman–Crippen MR) is 82.4 cm³/mol. The second-order valence-electron chi connectivity index (χ2n) is 7.11. The van der Waals surface area contributed by atoms with Crippen molar-refractivity contribution >= 4 is 11.8 Å². The monoisotopic (exact) mass is 329 g/mol. The molecule has 0 bridgehead atoms. The molecule has 0 spiro atoms. The van der Waals surface area contributed by atoms with E-state index in [0.29, 0.717) is 0 Å². The maximum Gasteiger partial charge on any atom is 0.303 e. The largest absolute Gasteiger partial charge is 0.458 e. The van der Waals surface area contributed by atoms with E-state index in [9.17, 15) is 9.59 Å². The number of esters is 1. The van der Waals surface area contributed by atoms with E-state index in [2.05, 4.69) is 4.90 Å². The van der Waals surface area contributed by atoms with Gasteiger partial charge < -0.3 is 14.2 Å². The van der Waals surface area contributed by atoms with E-state index in [1.165, 1.54) is 18.1 Å². The molecule has 0 amide bonds. The first-order valence-electron chi connectivity index (χ1n) is 8.47. The number of hydrogen-bond acceptors (Lipinski definition) is 6. The standard InChI is InChI=1S/C18H19NO5/c1-9(20)24-18-13(21)4-10-2-3-19-7-11-5-14-15(23-8-22-14)6-12(11)16(18)17(10)19/h4,6,11,16-18H,2-3,5,7-8H2,1H3. The fourth-order valence-electron chi connectivity index (χ4n) is 4.92. The van der Waals surface area contributed by atoms with Gasteiger partial charge in [0.25, 0.3) is 0 Å². The van der Waals surface area contributed by atoms with Gasteiger partial charge in [0.1, 0.15) is 5.76 Å². The van der Waals surface area contributed by atoms with Gasteiger partial charge in [0.2, 0.25) is 6.79 Å². The highest BCUT2D eigenvalue weighted by molar-refractivity contribution is 5.97. The summed E-state index contributed by atoms with van der Waals surface area (Å²) in [6.45, 7) is 3.53. The normalized spacial score (nSPS) is 36.8. The van der Waals surface area contributed by atoms with Gasteiger partial charge in [-0.1, -0.05) is 5.57 Å². The molecule has 0 saturated carbocycles. The molecule has 4 atom stereocenters. The van der Waals surface area contributed by atoms with Gasteiger partial charge in [-0.2, -0.15) is 0 Å². The quantitative estimate of drug-likeness (QED) is 0.676. The predicted octanol–water partition coefficient (Wildman–Crippen LogP) is 1.29. The molecule has 0 radical (unpaired) electrons. The molecule has 5 rings (SSSR count). The third-order valence-electron chi connectivity index (χ3n) is 5.79. The van der Waals surface area contributed by atoms with Crippen LogP contribution in [-0.2, 0) is 23.8 Å². The Hall–Kier alpha value is -2.08. The second-order valence-corrected chi connectivity index (χ2v) is 7.11. The number of piperidine rings is 1. The smallest absolute Gasteiger partial charge is 0.303 e. The van der Waals surface area contributed by atoms with E-state index in [-0.39, 0.29) is 30.5 Å². The molecule has 126 valence electrons. The Morgan fingerprint density at radius 3 is 3.04 bits per heavy atom. The maximum absolute atomic E-state index is 12.6. The summed E-state index contributed by atoms with van der Waals surface area (Å²) < 4.78 is 16.6. The summed E-state index contributed by atoms with van der Waals surface area (Å²) in [5.74, 6) is 1.36. The van der Waals surface area contributed by atoms with Gasteiger partial charge in [0.15, 0.2) is 17.6 Å². The summed E-state index contributed by atoms with van der Waals surface area (Å²) in [6, 6.07) is 0.166. The number of nitrogens with zero attached hydrogens (tertiary/aromatic N) is 1. The molecule has 0 aromatic carbocycles. The van der Waals surface area contributed by atoms with Gasteiger partial charge in [0, 0.05) is 44.3 Å². The molecule has 5 aliphatic rings. The van der Waals surface area contributed by atoms with Gasteiger partial charge in [-0.15, -0.1) is 0 Å². The Balaban J connectivity index is 1.61. The first-order chi connectivity index (χ1) is 11.6. The topological polar surface area (TPSA) is 65.1 Å². The molecule has 6 nitrogen and oxygen atoms in total. The van der Waals surface area contributed by atoms with Crippen molar-refractivity contribution in [3.05, 3.63) is 34.8 Å². The molecule has 24 heavy (non-hydrogen) atoms. The Labute approximate surface area is 139 Å². The van der Waals surface area contributed by atoms with Crippen molar-refractivity contribution in [1.82, 2.24) is 4.90 Å². The first kappa shape index (κ1) is 14.3. The van der Waals surface area contributed by atoms with Crippen LogP contribution in [0.15, 0.2) is 34.8 Å². The van der Waals surface area contributed by atoms with Crippen LogP contribution in [0.5, 0.6) is 0 Å². The number of rotatable bonds is 1. The minimum atomic E-state index is -0.727. The summed E-state index contributed by atoms with van der Waals surface area (Å²) >= 11 is 0. The van der Waals surface area contributed by atoms with Gasteiger partial charge in [-0.25, -0.2) is 0 Å². The molecular formula is C18H19NO5. The lowest BCUT2D eigenvalue weighted by molar-refractivity contribution is -0.156. The molecule has 0 N–H and O–H groups in total. The summed E-state index contributed by atoms with van der Waals surface area (Å²) in [6.07, 6.45) is 4.72. The van der Waals surface area contributed by atoms with Gasteiger partial charge in [-0.05, 0) is 24.1 Å². The maximum atomic E-state index is 12.6. The van der Waals surface area contributed by atoms with Crippen LogP contribution in [0.1, 0.15) is 19.8 Å². The van der Waals surface area contributed by atoms with Crippen LogP contribution >= 0.6 is 0 Å². The zero-order chi connectivity index (χ0) is 16.4. The second kappa shape index (κ2) is 4.96. The molecule has 2 aliphatic carbocycles. The lowest BCUT2D eigenvalue weighted by atomic mass is 9.68. The lowest BCUT2D eigenvalue weighted by Gasteiger charge is -2.47. The summed E-state index contributed by atoms with van der Waals surface area (Å²) in [5.41, 5.74) is 2.35. The van der Waals surface area contributed by atoms with Crippen LogP contribution in [0.3, 0.4) is 0 Å². The Morgan fingerprint density at radius 1 is 1.33 bits per heavy atom. The number of carbonyl (C=O) groups excluding carboxylic acids is 2. The van der Waals surface area contributed by atoms with Crippen molar-refractivity contribution in [3.8, 4) is 0 Å². The minimum Gasteiger partial charge on any atom is -0.458 e. The molecule has 3 heterocycles. The average molecular weight is 329 g/mol. The van der Waals surface area contributed by atoms with E-state index >= 15 is 0 Å². The molecule has 2 saturated heterocycles.